The molecule has 8 nitrogen and oxygen atoms in total. The lowest BCUT2D eigenvalue weighted by Gasteiger charge is -2.11. The lowest BCUT2D eigenvalue weighted by atomic mass is 10.1. The SMILES string of the molecule is COc1ccc(CCC(=O)Nc2ccccc2C(=O)OCC(=O)c2ccc(CNC(C)=O)s2)cc1. The van der Waals surface area contributed by atoms with Crippen LogP contribution < -0.4 is 15.4 Å². The number of aryl methyl sites for hydroxylation is 1. The Labute approximate surface area is 207 Å². The quantitative estimate of drug-likeness (QED) is 0.308. The van der Waals surface area contributed by atoms with E-state index in [2.05, 4.69) is 10.6 Å². The van der Waals surface area contributed by atoms with Gasteiger partial charge >= 0.3 is 5.97 Å². The first-order valence-electron chi connectivity index (χ1n) is 10.9. The Morgan fingerprint density at radius 2 is 1.69 bits per heavy atom. The molecule has 0 atom stereocenters. The number of ketones is 1. The fraction of sp³-hybridized carbons (Fsp3) is 0.231. The number of carbonyl (C=O) groups is 4. The number of methoxy groups -OCH3 is 1. The van der Waals surface area contributed by atoms with E-state index in [9.17, 15) is 19.2 Å². The molecule has 1 aromatic heterocycles. The van der Waals surface area contributed by atoms with Crippen molar-refractivity contribution in [2.45, 2.75) is 26.3 Å². The molecule has 0 unspecified atom stereocenters. The Balaban J connectivity index is 1.53. The van der Waals surface area contributed by atoms with E-state index in [1.54, 1.807) is 37.4 Å². The number of hydrogen-bond donors (Lipinski definition) is 2. The van der Waals surface area contributed by atoms with Crippen molar-refractivity contribution in [3.05, 3.63) is 81.5 Å². The maximum Gasteiger partial charge on any atom is 0.340 e. The molecule has 0 saturated heterocycles. The van der Waals surface area contributed by atoms with Gasteiger partial charge in [0.1, 0.15) is 5.75 Å². The number of anilines is 1. The van der Waals surface area contributed by atoms with Crippen molar-refractivity contribution in [1.82, 2.24) is 5.32 Å². The molecule has 0 aliphatic carbocycles. The van der Waals surface area contributed by atoms with E-state index in [4.69, 9.17) is 9.47 Å². The summed E-state index contributed by atoms with van der Waals surface area (Å²) < 4.78 is 10.3. The molecule has 2 aromatic carbocycles. The Morgan fingerprint density at radius 1 is 0.943 bits per heavy atom. The number of ether oxygens (including phenoxy) is 2. The molecule has 0 aliphatic rings. The van der Waals surface area contributed by atoms with Crippen LogP contribution in [0.25, 0.3) is 0 Å². The van der Waals surface area contributed by atoms with Crippen LogP contribution in [0.15, 0.2) is 60.7 Å². The van der Waals surface area contributed by atoms with Gasteiger partial charge in [0.25, 0.3) is 0 Å². The number of benzene rings is 2. The topological polar surface area (TPSA) is 111 Å². The standard InChI is InChI=1S/C26H26N2O6S/c1-17(29)27-15-20-12-13-24(35-20)23(30)16-34-26(32)21-5-3-4-6-22(21)28-25(31)14-9-18-7-10-19(33-2)11-8-18/h3-8,10-13H,9,14-16H2,1-2H3,(H,27,29)(H,28,31). The molecule has 9 heteroatoms. The molecule has 2 amide bonds. The van der Waals surface area contributed by atoms with Crippen LogP contribution in [-0.2, 0) is 27.3 Å². The summed E-state index contributed by atoms with van der Waals surface area (Å²) >= 11 is 1.23. The molecule has 0 fully saturated rings. The van der Waals surface area contributed by atoms with Gasteiger partial charge in [-0.15, -0.1) is 11.3 Å². The molecular formula is C26H26N2O6S. The largest absolute Gasteiger partial charge is 0.497 e. The molecule has 35 heavy (non-hydrogen) atoms. The summed E-state index contributed by atoms with van der Waals surface area (Å²) in [6.45, 7) is 1.32. The number of nitrogens with one attached hydrogen (secondary N) is 2. The van der Waals surface area contributed by atoms with Gasteiger partial charge in [-0.3, -0.25) is 14.4 Å². The van der Waals surface area contributed by atoms with Gasteiger partial charge in [0, 0.05) is 18.2 Å². The highest BCUT2D eigenvalue weighted by Crippen LogP contribution is 2.20. The third-order valence-corrected chi connectivity index (χ3v) is 6.13. The van der Waals surface area contributed by atoms with E-state index in [0.717, 1.165) is 16.2 Å². The van der Waals surface area contributed by atoms with Gasteiger partial charge in [-0.2, -0.15) is 0 Å². The number of amides is 2. The summed E-state index contributed by atoms with van der Waals surface area (Å²) in [5, 5.41) is 5.41. The van der Waals surface area contributed by atoms with Crippen molar-refractivity contribution in [1.29, 1.82) is 0 Å². The fourth-order valence-corrected chi connectivity index (χ4v) is 4.02. The van der Waals surface area contributed by atoms with Crippen LogP contribution in [0.4, 0.5) is 5.69 Å². The van der Waals surface area contributed by atoms with Crippen LogP contribution in [-0.4, -0.2) is 37.3 Å². The molecule has 3 rings (SSSR count). The van der Waals surface area contributed by atoms with Crippen LogP contribution in [0.5, 0.6) is 5.75 Å². The number of Topliss-reactive ketones (excluding diaryl/α,β-unsaturated/α-hetero) is 1. The van der Waals surface area contributed by atoms with E-state index in [1.165, 1.54) is 24.3 Å². The summed E-state index contributed by atoms with van der Waals surface area (Å²) in [6, 6.07) is 17.3. The second-order valence-corrected chi connectivity index (χ2v) is 8.79. The maximum absolute atomic E-state index is 12.6. The Kier molecular flexibility index (Phi) is 9.14. The normalized spacial score (nSPS) is 10.3. The Hall–Kier alpha value is -3.98. The van der Waals surface area contributed by atoms with Gasteiger partial charge in [0.05, 0.1) is 29.8 Å². The van der Waals surface area contributed by atoms with Crippen molar-refractivity contribution in [3.8, 4) is 5.75 Å². The summed E-state index contributed by atoms with van der Waals surface area (Å²) in [4.78, 5) is 49.8. The Morgan fingerprint density at radius 3 is 2.40 bits per heavy atom. The maximum atomic E-state index is 12.6. The van der Waals surface area contributed by atoms with Gasteiger partial charge in [-0.1, -0.05) is 24.3 Å². The highest BCUT2D eigenvalue weighted by Gasteiger charge is 2.17. The van der Waals surface area contributed by atoms with Crippen LogP contribution in [0.3, 0.4) is 0 Å². The second kappa shape index (κ2) is 12.5. The van der Waals surface area contributed by atoms with Crippen LogP contribution in [0.2, 0.25) is 0 Å². The fourth-order valence-electron chi connectivity index (χ4n) is 3.15. The van der Waals surface area contributed by atoms with Crippen molar-refractivity contribution in [2.75, 3.05) is 19.0 Å². The second-order valence-electron chi connectivity index (χ2n) is 7.62. The molecule has 0 aliphatic heterocycles. The molecule has 0 radical (unpaired) electrons. The average molecular weight is 495 g/mol. The predicted molar refractivity (Wildman–Crippen MR) is 133 cm³/mol. The zero-order valence-electron chi connectivity index (χ0n) is 19.5. The first-order chi connectivity index (χ1) is 16.9. The molecule has 0 spiro atoms. The number of thiophene rings is 1. The van der Waals surface area contributed by atoms with Gasteiger partial charge in [0.15, 0.2) is 6.61 Å². The minimum Gasteiger partial charge on any atom is -0.497 e. The molecular weight excluding hydrogens is 468 g/mol. The van der Waals surface area contributed by atoms with E-state index < -0.39 is 12.6 Å². The van der Waals surface area contributed by atoms with Crippen molar-refractivity contribution in [3.63, 3.8) is 0 Å². The van der Waals surface area contributed by atoms with Gasteiger partial charge in [-0.05, 0) is 48.4 Å². The number of rotatable bonds is 11. The van der Waals surface area contributed by atoms with Crippen LogP contribution in [0, 0.1) is 0 Å². The van der Waals surface area contributed by atoms with Crippen molar-refractivity contribution >= 4 is 40.6 Å². The van der Waals surface area contributed by atoms with Crippen LogP contribution >= 0.6 is 11.3 Å². The van der Waals surface area contributed by atoms with Gasteiger partial charge < -0.3 is 20.1 Å². The van der Waals surface area contributed by atoms with E-state index in [1.807, 2.05) is 24.3 Å². The van der Waals surface area contributed by atoms with Crippen molar-refractivity contribution in [2.24, 2.45) is 0 Å². The highest BCUT2D eigenvalue weighted by molar-refractivity contribution is 7.14. The molecule has 3 aromatic rings. The van der Waals surface area contributed by atoms with E-state index in [0.29, 0.717) is 23.5 Å². The summed E-state index contributed by atoms with van der Waals surface area (Å²) in [5.74, 6) is -0.722. The molecule has 0 saturated carbocycles. The molecule has 2 N–H and O–H groups in total. The first-order valence-corrected chi connectivity index (χ1v) is 11.7. The monoisotopic (exact) mass is 494 g/mol. The van der Waals surface area contributed by atoms with Crippen molar-refractivity contribution < 1.29 is 28.7 Å². The smallest absolute Gasteiger partial charge is 0.340 e. The number of esters is 1. The van der Waals surface area contributed by atoms with Crippen LogP contribution in [0.1, 0.15) is 43.8 Å². The highest BCUT2D eigenvalue weighted by atomic mass is 32.1. The number of carbonyl (C=O) groups excluding carboxylic acids is 4. The third kappa shape index (κ3) is 7.79. The molecule has 0 bridgehead atoms. The van der Waals surface area contributed by atoms with Gasteiger partial charge in [-0.25, -0.2) is 4.79 Å². The minimum atomic E-state index is -0.709. The van der Waals surface area contributed by atoms with E-state index >= 15 is 0 Å². The van der Waals surface area contributed by atoms with E-state index in [-0.39, 0.29) is 29.6 Å². The zero-order chi connectivity index (χ0) is 25.2. The van der Waals surface area contributed by atoms with Gasteiger partial charge in [0.2, 0.25) is 17.6 Å². The predicted octanol–water partition coefficient (Wildman–Crippen LogP) is 4.00. The number of hydrogen-bond acceptors (Lipinski definition) is 7. The summed E-state index contributed by atoms with van der Waals surface area (Å²) in [5.41, 5.74) is 1.47. The third-order valence-electron chi connectivity index (χ3n) is 5.00. The lowest BCUT2D eigenvalue weighted by Crippen LogP contribution is -2.18. The average Bonchev–Trinajstić information content (AvgIpc) is 3.34. The lowest BCUT2D eigenvalue weighted by molar-refractivity contribution is -0.119. The summed E-state index contributed by atoms with van der Waals surface area (Å²) in [7, 11) is 1.59. The summed E-state index contributed by atoms with van der Waals surface area (Å²) in [6.07, 6.45) is 0.759. The molecule has 182 valence electrons. The number of para-hydroxylation sites is 1. The minimum absolute atomic E-state index is 0.160. The Bertz CT molecular complexity index is 1200. The zero-order valence-corrected chi connectivity index (χ0v) is 20.3. The first kappa shape index (κ1) is 25.6. The molecule has 1 heterocycles.